The van der Waals surface area contributed by atoms with Gasteiger partial charge in [-0.3, -0.25) is 4.90 Å². The molecule has 1 aromatic carbocycles. The van der Waals surface area contributed by atoms with E-state index in [4.69, 9.17) is 0 Å². The molecule has 2 saturated heterocycles. The first-order valence-corrected chi connectivity index (χ1v) is 8.27. The predicted molar refractivity (Wildman–Crippen MR) is 84.8 cm³/mol. The zero-order valence-electron chi connectivity index (χ0n) is 12.9. The second-order valence-electron chi connectivity index (χ2n) is 6.94. The molecule has 2 aliphatic heterocycles. The second kappa shape index (κ2) is 6.28. The number of benzene rings is 1. The Hall–Kier alpha value is -0.860. The molecule has 20 heavy (non-hydrogen) atoms. The summed E-state index contributed by atoms with van der Waals surface area (Å²) in [6, 6.07) is 10.7. The average molecular weight is 272 g/mol. The number of hydrogen-bond acceptors (Lipinski definition) is 2. The molecule has 2 heteroatoms. The molecule has 110 valence electrons. The summed E-state index contributed by atoms with van der Waals surface area (Å²) in [6.45, 7) is 8.21. The molecule has 2 unspecified atom stereocenters. The van der Waals surface area contributed by atoms with Crippen LogP contribution in [0.1, 0.15) is 44.2 Å². The van der Waals surface area contributed by atoms with Crippen molar-refractivity contribution < 1.29 is 0 Å². The van der Waals surface area contributed by atoms with Gasteiger partial charge in [0.15, 0.2) is 0 Å². The summed E-state index contributed by atoms with van der Waals surface area (Å²) in [7, 11) is 0. The summed E-state index contributed by atoms with van der Waals surface area (Å²) >= 11 is 0. The van der Waals surface area contributed by atoms with E-state index in [1.54, 1.807) is 0 Å². The molecule has 2 nitrogen and oxygen atoms in total. The van der Waals surface area contributed by atoms with Gasteiger partial charge in [-0.25, -0.2) is 0 Å². The van der Waals surface area contributed by atoms with Crippen LogP contribution in [-0.2, 0) is 13.0 Å². The van der Waals surface area contributed by atoms with Gasteiger partial charge in [-0.15, -0.1) is 0 Å². The number of hydrogen-bond donors (Lipinski definition) is 1. The molecule has 1 N–H and O–H groups in total. The molecule has 0 saturated carbocycles. The minimum Gasteiger partial charge on any atom is -0.308 e. The van der Waals surface area contributed by atoms with Gasteiger partial charge in [0.1, 0.15) is 0 Å². The van der Waals surface area contributed by atoms with Gasteiger partial charge in [0, 0.05) is 25.2 Å². The highest BCUT2D eigenvalue weighted by atomic mass is 15.2. The smallest absolute Gasteiger partial charge is 0.0250 e. The maximum atomic E-state index is 3.79. The van der Waals surface area contributed by atoms with Crippen LogP contribution in [0.3, 0.4) is 0 Å². The molecular formula is C18H28N2. The highest BCUT2D eigenvalue weighted by molar-refractivity contribution is 5.23. The Morgan fingerprint density at radius 2 is 1.85 bits per heavy atom. The molecule has 2 heterocycles. The van der Waals surface area contributed by atoms with Crippen molar-refractivity contribution in [3.8, 4) is 0 Å². The Labute approximate surface area is 123 Å². The van der Waals surface area contributed by atoms with Crippen molar-refractivity contribution in [1.82, 2.24) is 10.2 Å². The normalized spacial score (nSPS) is 26.4. The van der Waals surface area contributed by atoms with Gasteiger partial charge < -0.3 is 5.32 Å². The predicted octanol–water partition coefficient (Wildman–Crippen LogP) is 3.21. The quantitative estimate of drug-likeness (QED) is 0.885. The van der Waals surface area contributed by atoms with E-state index >= 15 is 0 Å². The van der Waals surface area contributed by atoms with Gasteiger partial charge in [0.05, 0.1) is 0 Å². The lowest BCUT2D eigenvalue weighted by Gasteiger charge is -2.21. The monoisotopic (exact) mass is 272 g/mol. The van der Waals surface area contributed by atoms with Crippen LogP contribution in [0.4, 0.5) is 0 Å². The molecule has 3 rings (SSSR count). The molecule has 0 spiro atoms. The van der Waals surface area contributed by atoms with Crippen LogP contribution < -0.4 is 5.32 Å². The Morgan fingerprint density at radius 1 is 1.10 bits per heavy atom. The maximum absolute atomic E-state index is 3.79. The zero-order valence-corrected chi connectivity index (χ0v) is 12.9. The highest BCUT2D eigenvalue weighted by Gasteiger charge is 2.36. The molecule has 0 bridgehead atoms. The molecule has 0 aromatic heterocycles. The summed E-state index contributed by atoms with van der Waals surface area (Å²) in [5.74, 6) is 0.741. The number of fused-ring (bicyclic) bond motifs is 1. The Kier molecular flexibility index (Phi) is 4.42. The van der Waals surface area contributed by atoms with Crippen molar-refractivity contribution in [2.45, 2.75) is 58.2 Å². The second-order valence-corrected chi connectivity index (χ2v) is 6.94. The van der Waals surface area contributed by atoms with E-state index in [9.17, 15) is 0 Å². The number of nitrogens with zero attached hydrogens (tertiary/aromatic N) is 1. The lowest BCUT2D eigenvalue weighted by molar-refractivity contribution is 0.298. The summed E-state index contributed by atoms with van der Waals surface area (Å²) < 4.78 is 0. The Bertz CT molecular complexity index is 424. The molecule has 2 fully saturated rings. The molecule has 2 aliphatic rings. The molecule has 2 atom stereocenters. The van der Waals surface area contributed by atoms with Gasteiger partial charge >= 0.3 is 0 Å². The summed E-state index contributed by atoms with van der Waals surface area (Å²) in [6.07, 6.45) is 5.31. The first-order chi connectivity index (χ1) is 9.72. The van der Waals surface area contributed by atoms with Crippen molar-refractivity contribution in [3.63, 3.8) is 0 Å². The van der Waals surface area contributed by atoms with Crippen molar-refractivity contribution in [2.24, 2.45) is 5.92 Å². The van der Waals surface area contributed by atoms with Crippen molar-refractivity contribution >= 4 is 0 Å². The van der Waals surface area contributed by atoms with Crippen LogP contribution in [0, 0.1) is 5.92 Å². The number of nitrogens with one attached hydrogen (secondary N) is 1. The topological polar surface area (TPSA) is 15.3 Å². The third-order valence-corrected chi connectivity index (χ3v) is 4.84. The third-order valence-electron chi connectivity index (χ3n) is 4.84. The van der Waals surface area contributed by atoms with Gasteiger partial charge in [-0.05, 0) is 49.3 Å². The summed E-state index contributed by atoms with van der Waals surface area (Å²) in [5, 5.41) is 3.79. The average Bonchev–Trinajstić information content (AvgIpc) is 3.01. The summed E-state index contributed by atoms with van der Waals surface area (Å²) in [4.78, 5) is 2.67. The van der Waals surface area contributed by atoms with Gasteiger partial charge in [-0.2, -0.15) is 0 Å². The minimum atomic E-state index is 0.716. The van der Waals surface area contributed by atoms with E-state index in [1.807, 2.05) is 0 Å². The molecule has 1 aromatic rings. The highest BCUT2D eigenvalue weighted by Crippen LogP contribution is 2.28. The fourth-order valence-electron chi connectivity index (χ4n) is 3.83. The van der Waals surface area contributed by atoms with E-state index in [0.717, 1.165) is 18.5 Å². The zero-order chi connectivity index (χ0) is 13.9. The third kappa shape index (κ3) is 3.24. The maximum Gasteiger partial charge on any atom is 0.0250 e. The standard InChI is InChI=1S/C18H28N2/c1-14(2)12-15-5-7-16(8-6-15)13-19-17-9-11-20-10-3-4-18(17)20/h5-8,14,17-19H,3-4,9-13H2,1-2H3. The Morgan fingerprint density at radius 3 is 2.60 bits per heavy atom. The van der Waals surface area contributed by atoms with E-state index in [-0.39, 0.29) is 0 Å². The number of rotatable bonds is 5. The van der Waals surface area contributed by atoms with Crippen molar-refractivity contribution in [3.05, 3.63) is 35.4 Å². The van der Waals surface area contributed by atoms with Crippen LogP contribution in [-0.4, -0.2) is 30.1 Å². The molecular weight excluding hydrogens is 244 g/mol. The van der Waals surface area contributed by atoms with Crippen LogP contribution >= 0.6 is 0 Å². The largest absolute Gasteiger partial charge is 0.308 e. The fourth-order valence-corrected chi connectivity index (χ4v) is 3.83. The van der Waals surface area contributed by atoms with E-state index < -0.39 is 0 Å². The van der Waals surface area contributed by atoms with Crippen molar-refractivity contribution in [2.75, 3.05) is 13.1 Å². The summed E-state index contributed by atoms with van der Waals surface area (Å²) in [5.41, 5.74) is 2.89. The first-order valence-electron chi connectivity index (χ1n) is 8.27. The lowest BCUT2D eigenvalue weighted by Crippen LogP contribution is -2.38. The van der Waals surface area contributed by atoms with E-state index in [1.165, 1.54) is 49.9 Å². The van der Waals surface area contributed by atoms with Gasteiger partial charge in [0.2, 0.25) is 0 Å². The molecule has 0 amide bonds. The van der Waals surface area contributed by atoms with Gasteiger partial charge in [-0.1, -0.05) is 38.1 Å². The first kappa shape index (κ1) is 14.1. The van der Waals surface area contributed by atoms with Crippen LogP contribution in [0.5, 0.6) is 0 Å². The van der Waals surface area contributed by atoms with Crippen LogP contribution in [0.2, 0.25) is 0 Å². The van der Waals surface area contributed by atoms with Gasteiger partial charge in [0.25, 0.3) is 0 Å². The van der Waals surface area contributed by atoms with E-state index in [0.29, 0.717) is 6.04 Å². The SMILES string of the molecule is CC(C)Cc1ccc(CNC2CCN3CCCC23)cc1. The van der Waals surface area contributed by atoms with Crippen LogP contribution in [0.15, 0.2) is 24.3 Å². The Balaban J connectivity index is 1.51. The van der Waals surface area contributed by atoms with Crippen molar-refractivity contribution in [1.29, 1.82) is 0 Å². The fraction of sp³-hybridized carbons (Fsp3) is 0.667. The minimum absolute atomic E-state index is 0.716. The molecule has 0 radical (unpaired) electrons. The lowest BCUT2D eigenvalue weighted by atomic mass is 10.0. The molecule has 0 aliphatic carbocycles. The van der Waals surface area contributed by atoms with Crippen LogP contribution in [0.25, 0.3) is 0 Å². The van der Waals surface area contributed by atoms with E-state index in [2.05, 4.69) is 48.3 Å².